The largest absolute Gasteiger partial charge is 0.444 e. The van der Waals surface area contributed by atoms with Gasteiger partial charge in [-0.1, -0.05) is 0 Å². The average Bonchev–Trinajstić information content (AvgIpc) is 2.89. The van der Waals surface area contributed by atoms with E-state index < -0.39 is 5.60 Å². The quantitative estimate of drug-likeness (QED) is 0.723. The Morgan fingerprint density at radius 1 is 1.38 bits per heavy atom. The summed E-state index contributed by atoms with van der Waals surface area (Å²) in [5.41, 5.74) is -0.403. The second kappa shape index (κ2) is 6.43. The van der Waals surface area contributed by atoms with Crippen molar-refractivity contribution >= 4 is 23.9 Å². The van der Waals surface area contributed by atoms with Gasteiger partial charge in [-0.2, -0.15) is 0 Å². The van der Waals surface area contributed by atoms with Crippen LogP contribution in [0.1, 0.15) is 47.0 Å². The summed E-state index contributed by atoms with van der Waals surface area (Å²) in [6.07, 6.45) is 8.02. The van der Waals surface area contributed by atoms with Gasteiger partial charge in [0.1, 0.15) is 5.60 Å². The van der Waals surface area contributed by atoms with Gasteiger partial charge in [0.2, 0.25) is 0 Å². The Bertz CT molecular complexity index is 592. The van der Waals surface area contributed by atoms with Gasteiger partial charge in [-0.05, 0) is 58.9 Å². The van der Waals surface area contributed by atoms with E-state index >= 15 is 0 Å². The van der Waals surface area contributed by atoms with E-state index in [0.29, 0.717) is 6.54 Å². The third-order valence-corrected chi connectivity index (χ3v) is 5.85. The molecule has 2 saturated heterocycles. The number of rotatable bonds is 1. The molecule has 1 aromatic heterocycles. The molecule has 2 aliphatic heterocycles. The second-order valence-corrected chi connectivity index (χ2v) is 8.67. The average molecular weight is 350 g/mol. The molecule has 0 aliphatic carbocycles. The number of carbonyl (C=O) groups is 1. The molecule has 1 amide bonds. The van der Waals surface area contributed by atoms with Gasteiger partial charge in [0.25, 0.3) is 0 Å². The first-order valence-electron chi connectivity index (χ1n) is 8.50. The maximum atomic E-state index is 12.4. The Labute approximate surface area is 148 Å². The molecule has 0 unspecified atom stereocenters. The molecule has 7 heteroatoms. The predicted molar refractivity (Wildman–Crippen MR) is 96.0 cm³/mol. The maximum Gasteiger partial charge on any atom is 0.410 e. The fourth-order valence-corrected chi connectivity index (χ4v) is 5.00. The molecule has 0 bridgehead atoms. The van der Waals surface area contributed by atoms with Crippen molar-refractivity contribution < 1.29 is 9.53 Å². The number of likely N-dealkylation sites (tertiary alicyclic amines) is 1. The van der Waals surface area contributed by atoms with E-state index in [1.54, 1.807) is 12.4 Å². The third kappa shape index (κ3) is 3.45. The molecule has 0 aromatic carbocycles. The molecule has 0 N–H and O–H groups in total. The highest BCUT2D eigenvalue weighted by atomic mass is 32.2. The zero-order valence-corrected chi connectivity index (χ0v) is 15.7. The highest BCUT2D eigenvalue weighted by Crippen LogP contribution is 2.47. The lowest BCUT2D eigenvalue weighted by Gasteiger charge is -2.47. The van der Waals surface area contributed by atoms with Gasteiger partial charge < -0.3 is 9.64 Å². The van der Waals surface area contributed by atoms with Crippen LogP contribution >= 0.6 is 11.9 Å². The lowest BCUT2D eigenvalue weighted by molar-refractivity contribution is 0.00546. The number of ether oxygens (including phenoxy) is 1. The number of hydrogen-bond donors (Lipinski definition) is 0. The molecule has 0 saturated carbocycles. The van der Waals surface area contributed by atoms with E-state index in [1.165, 1.54) is 0 Å². The Balaban J connectivity index is 1.73. The minimum atomic E-state index is -0.458. The topological polar surface area (TPSA) is 58.6 Å². The number of aromatic nitrogens is 2. The van der Waals surface area contributed by atoms with Gasteiger partial charge in [0.05, 0.1) is 11.7 Å². The van der Waals surface area contributed by atoms with E-state index in [0.717, 1.165) is 30.8 Å². The molecule has 3 rings (SSSR count). The van der Waals surface area contributed by atoms with Gasteiger partial charge in [0, 0.05) is 30.7 Å². The lowest BCUT2D eigenvalue weighted by Crippen LogP contribution is -2.56. The summed E-state index contributed by atoms with van der Waals surface area (Å²) in [5, 5.41) is 0. The number of hydrogen-bond acceptors (Lipinski definition) is 6. The standard InChI is InChI=1S/C17H26N4O2S/c1-13-11-17(5-9-20(13)15(22)23-16(2,3)4)6-10-24-21(17)14-12-18-7-8-19-14/h7-8,12-13H,5-6,9-11H2,1-4H3/t13-,17-/m0/s1. The van der Waals surface area contributed by atoms with Gasteiger partial charge >= 0.3 is 6.09 Å². The number of amides is 1. The van der Waals surface area contributed by atoms with Crippen molar-refractivity contribution in [3.05, 3.63) is 18.6 Å². The molecule has 132 valence electrons. The van der Waals surface area contributed by atoms with E-state index in [4.69, 9.17) is 4.74 Å². The molecule has 3 heterocycles. The summed E-state index contributed by atoms with van der Waals surface area (Å²) in [5.74, 6) is 1.99. The van der Waals surface area contributed by atoms with Crippen molar-refractivity contribution in [3.63, 3.8) is 0 Å². The van der Waals surface area contributed by atoms with Crippen molar-refractivity contribution in [3.8, 4) is 0 Å². The Morgan fingerprint density at radius 3 is 2.79 bits per heavy atom. The van der Waals surface area contributed by atoms with Crippen LogP contribution < -0.4 is 4.31 Å². The molecule has 6 nitrogen and oxygen atoms in total. The van der Waals surface area contributed by atoms with Crippen molar-refractivity contribution in [1.82, 2.24) is 14.9 Å². The van der Waals surface area contributed by atoms with Crippen LogP contribution in [0.25, 0.3) is 0 Å². The van der Waals surface area contributed by atoms with Crippen LogP contribution in [0.3, 0.4) is 0 Å². The molecule has 2 atom stereocenters. The van der Waals surface area contributed by atoms with E-state index in [9.17, 15) is 4.79 Å². The molecular weight excluding hydrogens is 324 g/mol. The lowest BCUT2D eigenvalue weighted by atomic mass is 9.81. The molecule has 2 fully saturated rings. The van der Waals surface area contributed by atoms with Crippen LogP contribution in [0.5, 0.6) is 0 Å². The molecule has 1 spiro atoms. The predicted octanol–water partition coefficient (Wildman–Crippen LogP) is 3.49. The summed E-state index contributed by atoms with van der Waals surface area (Å²) in [4.78, 5) is 23.0. The van der Waals surface area contributed by atoms with Crippen LogP contribution in [-0.2, 0) is 4.74 Å². The van der Waals surface area contributed by atoms with Gasteiger partial charge in [0.15, 0.2) is 5.82 Å². The smallest absolute Gasteiger partial charge is 0.410 e. The summed E-state index contributed by atoms with van der Waals surface area (Å²) in [6.45, 7) is 8.55. The zero-order valence-electron chi connectivity index (χ0n) is 14.9. The first kappa shape index (κ1) is 17.3. The second-order valence-electron chi connectivity index (χ2n) is 7.64. The molecular formula is C17H26N4O2S. The minimum Gasteiger partial charge on any atom is -0.444 e. The number of anilines is 1. The Hall–Kier alpha value is -1.50. The molecule has 24 heavy (non-hydrogen) atoms. The Kier molecular flexibility index (Phi) is 4.64. The molecule has 1 aromatic rings. The number of nitrogens with zero attached hydrogens (tertiary/aromatic N) is 4. The summed E-state index contributed by atoms with van der Waals surface area (Å²) in [7, 11) is 0. The highest BCUT2D eigenvalue weighted by Gasteiger charge is 2.48. The monoisotopic (exact) mass is 350 g/mol. The summed E-state index contributed by atoms with van der Waals surface area (Å²) >= 11 is 1.82. The minimum absolute atomic E-state index is 0.0542. The van der Waals surface area contributed by atoms with E-state index in [2.05, 4.69) is 21.2 Å². The van der Waals surface area contributed by atoms with E-state index in [1.807, 2.05) is 43.8 Å². The van der Waals surface area contributed by atoms with Crippen LogP contribution in [0.15, 0.2) is 18.6 Å². The highest BCUT2D eigenvalue weighted by molar-refractivity contribution is 8.01. The van der Waals surface area contributed by atoms with Crippen molar-refractivity contribution in [2.45, 2.75) is 64.1 Å². The van der Waals surface area contributed by atoms with Crippen molar-refractivity contribution in [1.29, 1.82) is 0 Å². The van der Waals surface area contributed by atoms with E-state index in [-0.39, 0.29) is 17.7 Å². The summed E-state index contributed by atoms with van der Waals surface area (Å²) < 4.78 is 7.88. The SMILES string of the molecule is C[C@H]1C[C@@]2(CCSN2c2cnccn2)CCN1C(=O)OC(C)(C)C. The third-order valence-electron chi connectivity index (χ3n) is 4.63. The number of piperidine rings is 1. The first-order valence-corrected chi connectivity index (χ1v) is 9.44. The fraction of sp³-hybridized carbons (Fsp3) is 0.706. The van der Waals surface area contributed by atoms with Crippen LogP contribution in [0, 0.1) is 0 Å². The van der Waals surface area contributed by atoms with Crippen LogP contribution in [0.4, 0.5) is 10.6 Å². The molecule has 2 aliphatic rings. The van der Waals surface area contributed by atoms with Gasteiger partial charge in [-0.25, -0.2) is 9.78 Å². The van der Waals surface area contributed by atoms with Crippen molar-refractivity contribution in [2.24, 2.45) is 0 Å². The maximum absolute atomic E-state index is 12.4. The van der Waals surface area contributed by atoms with Crippen LogP contribution in [-0.4, -0.2) is 50.4 Å². The zero-order chi connectivity index (χ0) is 17.4. The van der Waals surface area contributed by atoms with Gasteiger partial charge in [-0.15, -0.1) is 0 Å². The fourth-order valence-electron chi connectivity index (χ4n) is 3.59. The molecule has 0 radical (unpaired) electrons. The normalized spacial score (nSPS) is 27.6. The number of carbonyl (C=O) groups excluding carboxylic acids is 1. The van der Waals surface area contributed by atoms with Crippen LogP contribution in [0.2, 0.25) is 0 Å². The van der Waals surface area contributed by atoms with Crippen molar-refractivity contribution in [2.75, 3.05) is 16.6 Å². The first-order chi connectivity index (χ1) is 11.3. The summed E-state index contributed by atoms with van der Waals surface area (Å²) in [6, 6.07) is 0.145. The van der Waals surface area contributed by atoms with Gasteiger partial charge in [-0.3, -0.25) is 9.29 Å². The Morgan fingerprint density at radius 2 is 2.17 bits per heavy atom.